The van der Waals surface area contributed by atoms with E-state index in [9.17, 15) is 9.90 Å². The summed E-state index contributed by atoms with van der Waals surface area (Å²) in [6.45, 7) is 6.69. The fourth-order valence-electron chi connectivity index (χ4n) is 2.01. The number of carbonyl (C=O) groups is 1. The summed E-state index contributed by atoms with van der Waals surface area (Å²) in [6, 6.07) is 7.27. The molecule has 0 atom stereocenters. The average molecular weight is 259 g/mol. The Labute approximate surface area is 112 Å². The van der Waals surface area contributed by atoms with Crippen LogP contribution in [0.15, 0.2) is 28.8 Å². The van der Waals surface area contributed by atoms with Crippen molar-refractivity contribution in [3.63, 3.8) is 0 Å². The first kappa shape index (κ1) is 13.5. The normalized spacial score (nSPS) is 11.6. The molecule has 2 rings (SSSR count). The van der Waals surface area contributed by atoms with Gasteiger partial charge in [0, 0.05) is 5.56 Å². The molecule has 0 aliphatic carbocycles. The molecule has 0 bridgehead atoms. The van der Waals surface area contributed by atoms with Crippen LogP contribution in [-0.2, 0) is 5.60 Å². The Morgan fingerprint density at radius 2 is 1.84 bits per heavy atom. The van der Waals surface area contributed by atoms with Crippen molar-refractivity contribution in [3.8, 4) is 11.3 Å². The molecule has 0 spiro atoms. The molecule has 0 saturated heterocycles. The standard InChI is InChI=1S/C15H17NO3/c1-9-13(10(2)17)14(19-16-9)11-5-7-12(8-6-11)15(3,4)18/h5-8,18H,1-4H3. The first-order valence-corrected chi connectivity index (χ1v) is 6.11. The second-order valence-electron chi connectivity index (χ2n) is 5.16. The second kappa shape index (κ2) is 4.63. The van der Waals surface area contributed by atoms with E-state index in [2.05, 4.69) is 5.16 Å². The summed E-state index contributed by atoms with van der Waals surface area (Å²) in [6.07, 6.45) is 0. The zero-order valence-corrected chi connectivity index (χ0v) is 11.5. The van der Waals surface area contributed by atoms with Crippen LogP contribution in [0.2, 0.25) is 0 Å². The minimum absolute atomic E-state index is 0.0692. The highest BCUT2D eigenvalue weighted by Crippen LogP contribution is 2.28. The molecule has 0 radical (unpaired) electrons. The number of rotatable bonds is 3. The van der Waals surface area contributed by atoms with Gasteiger partial charge in [0.25, 0.3) is 0 Å². The molecule has 2 aromatic rings. The van der Waals surface area contributed by atoms with Gasteiger partial charge in [0.05, 0.1) is 16.9 Å². The molecule has 1 aromatic heterocycles. The van der Waals surface area contributed by atoms with Crippen LogP contribution in [0.25, 0.3) is 11.3 Å². The predicted octanol–water partition coefficient (Wildman–Crippen LogP) is 3.08. The fourth-order valence-corrected chi connectivity index (χ4v) is 2.01. The SMILES string of the molecule is CC(=O)c1c(C)noc1-c1ccc(C(C)(C)O)cc1. The molecule has 0 aliphatic rings. The van der Waals surface area contributed by atoms with Crippen LogP contribution in [0.1, 0.15) is 42.4 Å². The van der Waals surface area contributed by atoms with Crippen LogP contribution < -0.4 is 0 Å². The third-order valence-electron chi connectivity index (χ3n) is 3.07. The number of benzene rings is 1. The number of aryl methyl sites for hydroxylation is 1. The van der Waals surface area contributed by atoms with Crippen molar-refractivity contribution >= 4 is 5.78 Å². The van der Waals surface area contributed by atoms with E-state index in [1.807, 2.05) is 24.3 Å². The number of carbonyl (C=O) groups excluding carboxylic acids is 1. The Bertz CT molecular complexity index is 603. The molecule has 0 amide bonds. The molecule has 4 nitrogen and oxygen atoms in total. The summed E-state index contributed by atoms with van der Waals surface area (Å²) in [7, 11) is 0. The molecule has 0 fully saturated rings. The number of nitrogens with zero attached hydrogens (tertiary/aromatic N) is 1. The van der Waals surface area contributed by atoms with Gasteiger partial charge in [-0.05, 0) is 33.3 Å². The largest absolute Gasteiger partial charge is 0.386 e. The fraction of sp³-hybridized carbons (Fsp3) is 0.333. The Morgan fingerprint density at radius 3 is 2.32 bits per heavy atom. The van der Waals surface area contributed by atoms with Crippen molar-refractivity contribution in [2.24, 2.45) is 0 Å². The van der Waals surface area contributed by atoms with E-state index in [1.165, 1.54) is 6.92 Å². The molecule has 4 heteroatoms. The van der Waals surface area contributed by atoms with Gasteiger partial charge in [-0.25, -0.2) is 0 Å². The Morgan fingerprint density at radius 1 is 1.26 bits per heavy atom. The number of aliphatic hydroxyl groups is 1. The predicted molar refractivity (Wildman–Crippen MR) is 71.9 cm³/mol. The summed E-state index contributed by atoms with van der Waals surface area (Å²) >= 11 is 0. The maximum absolute atomic E-state index is 11.6. The van der Waals surface area contributed by atoms with Gasteiger partial charge in [-0.2, -0.15) is 0 Å². The molecule has 1 N–H and O–H groups in total. The summed E-state index contributed by atoms with van der Waals surface area (Å²) in [5.41, 5.74) is 1.79. The smallest absolute Gasteiger partial charge is 0.177 e. The molecular formula is C15H17NO3. The second-order valence-corrected chi connectivity index (χ2v) is 5.16. The lowest BCUT2D eigenvalue weighted by Crippen LogP contribution is -2.14. The minimum atomic E-state index is -0.890. The summed E-state index contributed by atoms with van der Waals surface area (Å²) in [5, 5.41) is 13.7. The van der Waals surface area contributed by atoms with E-state index in [0.29, 0.717) is 17.0 Å². The van der Waals surface area contributed by atoms with E-state index in [0.717, 1.165) is 11.1 Å². The van der Waals surface area contributed by atoms with Crippen molar-refractivity contribution in [1.82, 2.24) is 5.16 Å². The molecular weight excluding hydrogens is 242 g/mol. The summed E-state index contributed by atoms with van der Waals surface area (Å²) < 4.78 is 5.23. The van der Waals surface area contributed by atoms with E-state index in [1.54, 1.807) is 20.8 Å². The van der Waals surface area contributed by atoms with Crippen LogP contribution in [0.5, 0.6) is 0 Å². The third-order valence-corrected chi connectivity index (χ3v) is 3.07. The number of aromatic nitrogens is 1. The summed E-state index contributed by atoms with van der Waals surface area (Å²) in [4.78, 5) is 11.6. The van der Waals surface area contributed by atoms with Crippen LogP contribution in [-0.4, -0.2) is 16.0 Å². The first-order chi connectivity index (χ1) is 8.80. The van der Waals surface area contributed by atoms with Gasteiger partial charge in [-0.15, -0.1) is 0 Å². The number of ketones is 1. The number of hydrogen-bond donors (Lipinski definition) is 1. The third kappa shape index (κ3) is 2.58. The molecule has 0 unspecified atom stereocenters. The molecule has 1 aromatic carbocycles. The van der Waals surface area contributed by atoms with Crippen molar-refractivity contribution in [3.05, 3.63) is 41.1 Å². The Kier molecular flexibility index (Phi) is 3.28. The van der Waals surface area contributed by atoms with Gasteiger partial charge in [0.1, 0.15) is 0 Å². The maximum Gasteiger partial charge on any atom is 0.177 e. The highest BCUT2D eigenvalue weighted by Gasteiger charge is 2.20. The average Bonchev–Trinajstić information content (AvgIpc) is 2.70. The van der Waals surface area contributed by atoms with Crippen LogP contribution in [0, 0.1) is 6.92 Å². The molecule has 0 saturated carbocycles. The number of hydrogen-bond acceptors (Lipinski definition) is 4. The van der Waals surface area contributed by atoms with Crippen molar-refractivity contribution in [2.45, 2.75) is 33.3 Å². The van der Waals surface area contributed by atoms with Crippen molar-refractivity contribution in [1.29, 1.82) is 0 Å². The monoisotopic (exact) mass is 259 g/mol. The maximum atomic E-state index is 11.6. The first-order valence-electron chi connectivity index (χ1n) is 6.11. The number of Topliss-reactive ketones (excluding diaryl/α,β-unsaturated/α-hetero) is 1. The lowest BCUT2D eigenvalue weighted by atomic mass is 9.96. The zero-order valence-electron chi connectivity index (χ0n) is 11.5. The van der Waals surface area contributed by atoms with Gasteiger partial charge in [-0.3, -0.25) is 4.79 Å². The van der Waals surface area contributed by atoms with E-state index < -0.39 is 5.60 Å². The van der Waals surface area contributed by atoms with Crippen LogP contribution in [0.4, 0.5) is 0 Å². The van der Waals surface area contributed by atoms with Crippen molar-refractivity contribution in [2.75, 3.05) is 0 Å². The minimum Gasteiger partial charge on any atom is -0.386 e. The Hall–Kier alpha value is -1.94. The van der Waals surface area contributed by atoms with Gasteiger partial charge >= 0.3 is 0 Å². The zero-order chi connectivity index (χ0) is 14.2. The summed E-state index contributed by atoms with van der Waals surface area (Å²) in [5.74, 6) is 0.410. The Balaban J connectivity index is 2.46. The quantitative estimate of drug-likeness (QED) is 0.860. The molecule has 100 valence electrons. The molecule has 19 heavy (non-hydrogen) atoms. The highest BCUT2D eigenvalue weighted by atomic mass is 16.5. The van der Waals surface area contributed by atoms with E-state index >= 15 is 0 Å². The van der Waals surface area contributed by atoms with Crippen LogP contribution in [0.3, 0.4) is 0 Å². The van der Waals surface area contributed by atoms with E-state index in [4.69, 9.17) is 4.52 Å². The van der Waals surface area contributed by atoms with Gasteiger partial charge < -0.3 is 9.63 Å². The van der Waals surface area contributed by atoms with Gasteiger partial charge in [-0.1, -0.05) is 29.4 Å². The van der Waals surface area contributed by atoms with Gasteiger partial charge in [0.2, 0.25) is 0 Å². The lowest BCUT2D eigenvalue weighted by Gasteiger charge is -2.17. The molecule has 0 aliphatic heterocycles. The highest BCUT2D eigenvalue weighted by molar-refractivity contribution is 6.00. The van der Waals surface area contributed by atoms with Crippen molar-refractivity contribution < 1.29 is 14.4 Å². The topological polar surface area (TPSA) is 63.3 Å². The van der Waals surface area contributed by atoms with Gasteiger partial charge in [0.15, 0.2) is 11.5 Å². The van der Waals surface area contributed by atoms with Crippen LogP contribution >= 0.6 is 0 Å². The lowest BCUT2D eigenvalue weighted by molar-refractivity contribution is 0.0786. The van der Waals surface area contributed by atoms with E-state index in [-0.39, 0.29) is 5.78 Å². The molecule has 1 heterocycles.